The predicted molar refractivity (Wildman–Crippen MR) is 80.2 cm³/mol. The first kappa shape index (κ1) is 16.2. The van der Waals surface area contributed by atoms with E-state index in [0.29, 0.717) is 10.0 Å². The number of carbonyl (C=O) groups is 2. The van der Waals surface area contributed by atoms with Gasteiger partial charge in [0.2, 0.25) is 0 Å². The monoisotopic (exact) mass is 391 g/mol. The van der Waals surface area contributed by atoms with Crippen molar-refractivity contribution in [2.24, 2.45) is 5.41 Å². The van der Waals surface area contributed by atoms with Crippen LogP contribution in [0.25, 0.3) is 0 Å². The van der Waals surface area contributed by atoms with Crippen LogP contribution in [0.5, 0.6) is 0 Å². The minimum atomic E-state index is -1.05. The van der Waals surface area contributed by atoms with Crippen LogP contribution in [-0.2, 0) is 4.79 Å². The zero-order valence-electron chi connectivity index (χ0n) is 10.8. The maximum atomic E-state index is 12.2. The lowest BCUT2D eigenvalue weighted by atomic mass is 9.86. The summed E-state index contributed by atoms with van der Waals surface area (Å²) in [6, 6.07) is 4.21. The van der Waals surface area contributed by atoms with E-state index in [-0.39, 0.29) is 0 Å². The third kappa shape index (κ3) is 4.31. The minimum absolute atomic E-state index is 0.393. The van der Waals surface area contributed by atoms with Crippen molar-refractivity contribution in [2.75, 3.05) is 0 Å². The van der Waals surface area contributed by atoms with Crippen LogP contribution in [0.1, 0.15) is 31.1 Å². The fraction of sp³-hybridized carbons (Fsp3) is 0.385. The van der Waals surface area contributed by atoms with Gasteiger partial charge in [-0.1, -0.05) is 36.7 Å². The highest BCUT2D eigenvalue weighted by Gasteiger charge is 2.33. The fourth-order valence-corrected chi connectivity index (χ4v) is 2.32. The summed E-state index contributed by atoms with van der Waals surface area (Å²) in [5.41, 5.74) is -0.176. The first-order chi connectivity index (χ1) is 8.62. The Balaban J connectivity index is 3.01. The first-order valence-electron chi connectivity index (χ1n) is 5.61. The van der Waals surface area contributed by atoms with Crippen molar-refractivity contribution in [2.45, 2.75) is 26.8 Å². The van der Waals surface area contributed by atoms with E-state index in [0.717, 1.165) is 4.47 Å². The third-order valence-electron chi connectivity index (χ3n) is 2.56. The van der Waals surface area contributed by atoms with Crippen LogP contribution in [0, 0.1) is 5.41 Å². The van der Waals surface area contributed by atoms with Crippen molar-refractivity contribution in [1.29, 1.82) is 0 Å². The number of hydrogen-bond donors (Lipinski definition) is 2. The summed E-state index contributed by atoms with van der Waals surface area (Å²) in [4.78, 5) is 23.4. The molecule has 1 atom stereocenters. The Bertz CT molecular complexity index is 509. The van der Waals surface area contributed by atoms with E-state index in [1.807, 2.05) is 0 Å². The number of halogens is 2. The molecule has 0 spiro atoms. The quantitative estimate of drug-likeness (QED) is 0.827. The molecule has 1 unspecified atom stereocenters. The van der Waals surface area contributed by atoms with Gasteiger partial charge >= 0.3 is 5.97 Å². The first-order valence-corrected chi connectivity index (χ1v) is 7.20. The van der Waals surface area contributed by atoms with Crippen molar-refractivity contribution in [1.82, 2.24) is 5.32 Å². The number of carboxylic acids is 1. The third-order valence-corrected chi connectivity index (χ3v) is 3.75. The number of nitrogens with one attached hydrogen (secondary N) is 1. The number of carbonyl (C=O) groups excluding carboxylic acids is 1. The summed E-state index contributed by atoms with van der Waals surface area (Å²) in [5.74, 6) is -1.47. The molecule has 0 aliphatic rings. The number of benzene rings is 1. The molecule has 19 heavy (non-hydrogen) atoms. The zero-order valence-corrected chi connectivity index (χ0v) is 14.0. The molecule has 0 heterocycles. The second-order valence-electron chi connectivity index (χ2n) is 5.23. The minimum Gasteiger partial charge on any atom is -0.480 e. The number of carboxylic acid groups (broad SMARTS) is 1. The number of aliphatic carboxylic acids is 1. The Morgan fingerprint density at radius 3 is 2.32 bits per heavy atom. The van der Waals surface area contributed by atoms with Gasteiger partial charge < -0.3 is 10.4 Å². The molecule has 0 saturated heterocycles. The molecule has 0 fully saturated rings. The van der Waals surface area contributed by atoms with Crippen LogP contribution in [0.15, 0.2) is 27.1 Å². The van der Waals surface area contributed by atoms with E-state index in [9.17, 15) is 14.7 Å². The highest BCUT2D eigenvalue weighted by atomic mass is 79.9. The van der Waals surface area contributed by atoms with Crippen LogP contribution in [0.2, 0.25) is 0 Å². The number of amides is 1. The molecule has 1 aromatic rings. The topological polar surface area (TPSA) is 66.4 Å². The average Bonchev–Trinajstić information content (AvgIpc) is 2.26. The normalized spacial score (nSPS) is 12.9. The van der Waals surface area contributed by atoms with Crippen molar-refractivity contribution >= 4 is 43.7 Å². The van der Waals surface area contributed by atoms with Crippen LogP contribution in [0.4, 0.5) is 0 Å². The van der Waals surface area contributed by atoms with Gasteiger partial charge in [-0.15, -0.1) is 0 Å². The van der Waals surface area contributed by atoms with E-state index >= 15 is 0 Å². The second kappa shape index (κ2) is 6.05. The standard InChI is InChI=1S/C13H15Br2NO3/c1-13(2,3)10(12(18)19)16-11(17)8-6-7(14)4-5-9(8)15/h4-6,10H,1-3H3,(H,16,17)(H,18,19). The largest absolute Gasteiger partial charge is 0.480 e. The van der Waals surface area contributed by atoms with Crippen LogP contribution < -0.4 is 5.32 Å². The lowest BCUT2D eigenvalue weighted by Crippen LogP contribution is -2.49. The summed E-state index contributed by atoms with van der Waals surface area (Å²) in [6.07, 6.45) is 0. The molecule has 1 amide bonds. The highest BCUT2D eigenvalue weighted by molar-refractivity contribution is 9.11. The smallest absolute Gasteiger partial charge is 0.326 e. The molecule has 2 N–H and O–H groups in total. The zero-order chi connectivity index (χ0) is 14.8. The van der Waals surface area contributed by atoms with Gasteiger partial charge in [0.25, 0.3) is 5.91 Å². The van der Waals surface area contributed by atoms with E-state index in [2.05, 4.69) is 37.2 Å². The van der Waals surface area contributed by atoms with Crippen molar-refractivity contribution in [3.8, 4) is 0 Å². The Morgan fingerprint density at radius 1 is 1.26 bits per heavy atom. The molecule has 0 aromatic heterocycles. The second-order valence-corrected chi connectivity index (χ2v) is 7.00. The van der Waals surface area contributed by atoms with Crippen molar-refractivity contribution < 1.29 is 14.7 Å². The maximum absolute atomic E-state index is 12.2. The molecule has 6 heteroatoms. The SMILES string of the molecule is CC(C)(C)C(NC(=O)c1cc(Br)ccc1Br)C(=O)O. The van der Waals surface area contributed by atoms with Gasteiger partial charge in [0, 0.05) is 8.95 Å². The van der Waals surface area contributed by atoms with E-state index in [1.165, 1.54) is 0 Å². The molecule has 0 saturated carbocycles. The Labute approximate surface area is 128 Å². The van der Waals surface area contributed by atoms with Gasteiger partial charge in [0.1, 0.15) is 6.04 Å². The van der Waals surface area contributed by atoms with Crippen LogP contribution in [0.3, 0.4) is 0 Å². The lowest BCUT2D eigenvalue weighted by molar-refractivity contribution is -0.142. The predicted octanol–water partition coefficient (Wildman–Crippen LogP) is 3.44. The molecular formula is C13H15Br2NO3. The summed E-state index contributed by atoms with van der Waals surface area (Å²) < 4.78 is 1.37. The molecule has 4 nitrogen and oxygen atoms in total. The summed E-state index contributed by atoms with van der Waals surface area (Å²) >= 11 is 6.56. The summed E-state index contributed by atoms with van der Waals surface area (Å²) in [6.45, 7) is 5.30. The van der Waals surface area contributed by atoms with E-state index in [4.69, 9.17) is 0 Å². The Hall–Kier alpha value is -0.880. The number of hydrogen-bond acceptors (Lipinski definition) is 2. The molecule has 0 radical (unpaired) electrons. The van der Waals surface area contributed by atoms with Gasteiger partial charge in [-0.25, -0.2) is 4.79 Å². The molecule has 0 aliphatic carbocycles. The maximum Gasteiger partial charge on any atom is 0.326 e. The van der Waals surface area contributed by atoms with Gasteiger partial charge in [-0.2, -0.15) is 0 Å². The average molecular weight is 393 g/mol. The Kier molecular flexibility index (Phi) is 5.15. The van der Waals surface area contributed by atoms with Crippen molar-refractivity contribution in [3.05, 3.63) is 32.7 Å². The van der Waals surface area contributed by atoms with Gasteiger partial charge in [0.05, 0.1) is 5.56 Å². The van der Waals surface area contributed by atoms with Crippen LogP contribution in [-0.4, -0.2) is 23.0 Å². The summed E-state index contributed by atoms with van der Waals surface area (Å²) in [5, 5.41) is 11.7. The summed E-state index contributed by atoms with van der Waals surface area (Å²) in [7, 11) is 0. The highest BCUT2D eigenvalue weighted by Crippen LogP contribution is 2.24. The number of rotatable bonds is 3. The van der Waals surface area contributed by atoms with E-state index in [1.54, 1.807) is 39.0 Å². The molecule has 0 aliphatic heterocycles. The molecular weight excluding hydrogens is 378 g/mol. The lowest BCUT2D eigenvalue weighted by Gasteiger charge is -2.27. The molecule has 1 aromatic carbocycles. The molecule has 1 rings (SSSR count). The van der Waals surface area contributed by atoms with Gasteiger partial charge in [0.15, 0.2) is 0 Å². The van der Waals surface area contributed by atoms with Crippen LogP contribution >= 0.6 is 31.9 Å². The Morgan fingerprint density at radius 2 is 1.84 bits per heavy atom. The fourth-order valence-electron chi connectivity index (χ4n) is 1.53. The van der Waals surface area contributed by atoms with Gasteiger partial charge in [-0.05, 0) is 39.5 Å². The molecule has 0 bridgehead atoms. The molecule has 104 valence electrons. The van der Waals surface area contributed by atoms with Crippen molar-refractivity contribution in [3.63, 3.8) is 0 Å². The van der Waals surface area contributed by atoms with Gasteiger partial charge in [-0.3, -0.25) is 4.79 Å². The van der Waals surface area contributed by atoms with E-state index < -0.39 is 23.3 Å².